The second kappa shape index (κ2) is 7.63. The molecular formula is C18H22FN3O3. The molecule has 1 saturated carbocycles. The van der Waals surface area contributed by atoms with Gasteiger partial charge in [0.2, 0.25) is 17.7 Å². The summed E-state index contributed by atoms with van der Waals surface area (Å²) in [5, 5.41) is 5.48. The molecule has 1 aromatic rings. The molecule has 2 N–H and O–H groups in total. The van der Waals surface area contributed by atoms with E-state index in [2.05, 4.69) is 10.6 Å². The fourth-order valence-corrected chi connectivity index (χ4v) is 3.03. The van der Waals surface area contributed by atoms with Crippen molar-refractivity contribution in [3.63, 3.8) is 0 Å². The maximum absolute atomic E-state index is 13.1. The monoisotopic (exact) mass is 347 g/mol. The second-order valence-corrected chi connectivity index (χ2v) is 6.61. The van der Waals surface area contributed by atoms with Gasteiger partial charge in [0.25, 0.3) is 0 Å². The summed E-state index contributed by atoms with van der Waals surface area (Å²) in [5.41, 5.74) is 0.549. The third-order valence-corrected chi connectivity index (χ3v) is 4.49. The van der Waals surface area contributed by atoms with Gasteiger partial charge >= 0.3 is 0 Å². The van der Waals surface area contributed by atoms with E-state index in [-0.39, 0.29) is 36.7 Å². The molecule has 1 heterocycles. The van der Waals surface area contributed by atoms with Crippen LogP contribution in [0.2, 0.25) is 0 Å². The fraction of sp³-hybridized carbons (Fsp3) is 0.500. The van der Waals surface area contributed by atoms with E-state index in [1.807, 2.05) is 0 Å². The molecule has 1 atom stereocenters. The van der Waals surface area contributed by atoms with E-state index in [0.717, 1.165) is 19.3 Å². The van der Waals surface area contributed by atoms with Gasteiger partial charge in [-0.2, -0.15) is 0 Å². The molecule has 2 aliphatic rings. The smallest absolute Gasteiger partial charge is 0.243 e. The van der Waals surface area contributed by atoms with E-state index >= 15 is 0 Å². The van der Waals surface area contributed by atoms with Crippen LogP contribution < -0.4 is 10.6 Å². The lowest BCUT2D eigenvalue weighted by Gasteiger charge is -2.24. The summed E-state index contributed by atoms with van der Waals surface area (Å²) >= 11 is 0. The number of nitrogens with zero attached hydrogens (tertiary/aromatic N) is 1. The molecule has 1 aliphatic carbocycles. The summed E-state index contributed by atoms with van der Waals surface area (Å²) in [5.74, 6) is -1.11. The highest BCUT2D eigenvalue weighted by molar-refractivity contribution is 5.91. The average Bonchev–Trinajstić information content (AvgIpc) is 3.24. The van der Waals surface area contributed by atoms with Gasteiger partial charge in [-0.25, -0.2) is 4.39 Å². The van der Waals surface area contributed by atoms with Gasteiger partial charge < -0.3 is 15.5 Å². The molecule has 2 fully saturated rings. The van der Waals surface area contributed by atoms with E-state index in [1.165, 1.54) is 18.2 Å². The van der Waals surface area contributed by atoms with E-state index in [9.17, 15) is 18.8 Å². The predicted octanol–water partition coefficient (Wildman–Crippen LogP) is 0.754. The minimum absolute atomic E-state index is 0.0106. The zero-order valence-electron chi connectivity index (χ0n) is 14.0. The predicted molar refractivity (Wildman–Crippen MR) is 89.0 cm³/mol. The Balaban J connectivity index is 1.47. The molecule has 0 spiro atoms. The van der Waals surface area contributed by atoms with Crippen LogP contribution in [0.5, 0.6) is 0 Å². The van der Waals surface area contributed by atoms with Crippen LogP contribution in [0.4, 0.5) is 4.39 Å². The Bertz CT molecular complexity index is 675. The number of hydrogen-bond acceptors (Lipinski definition) is 3. The van der Waals surface area contributed by atoms with E-state index in [1.54, 1.807) is 11.0 Å². The molecule has 0 aromatic heterocycles. The Morgan fingerprint density at radius 2 is 2.00 bits per heavy atom. The van der Waals surface area contributed by atoms with Crippen LogP contribution in [-0.4, -0.2) is 47.8 Å². The highest BCUT2D eigenvalue weighted by Gasteiger charge is 2.36. The lowest BCUT2D eigenvalue weighted by molar-refractivity contribution is -0.138. The van der Waals surface area contributed by atoms with Crippen LogP contribution in [0.3, 0.4) is 0 Å². The molecule has 0 radical (unpaired) electrons. The van der Waals surface area contributed by atoms with Crippen molar-refractivity contribution in [2.75, 3.05) is 13.1 Å². The first kappa shape index (κ1) is 17.4. The molecular weight excluding hydrogens is 325 g/mol. The van der Waals surface area contributed by atoms with Gasteiger partial charge in [-0.3, -0.25) is 14.4 Å². The van der Waals surface area contributed by atoms with E-state index in [0.29, 0.717) is 18.5 Å². The first-order valence-corrected chi connectivity index (χ1v) is 8.64. The third kappa shape index (κ3) is 4.78. The number of rotatable bonds is 6. The van der Waals surface area contributed by atoms with Gasteiger partial charge in [0.05, 0.1) is 13.0 Å². The van der Waals surface area contributed by atoms with Gasteiger partial charge in [0.1, 0.15) is 11.9 Å². The molecule has 3 rings (SSSR count). The van der Waals surface area contributed by atoms with Crippen molar-refractivity contribution in [1.82, 2.24) is 15.5 Å². The summed E-state index contributed by atoms with van der Waals surface area (Å²) in [6.07, 6.45) is 3.45. The molecule has 134 valence electrons. The van der Waals surface area contributed by atoms with Gasteiger partial charge in [-0.15, -0.1) is 0 Å². The molecule has 1 aromatic carbocycles. The van der Waals surface area contributed by atoms with Crippen LogP contribution in [-0.2, 0) is 20.8 Å². The SMILES string of the molecule is O=C(Cc1cccc(F)c1)NCC(=O)N1CCCC1C(=O)NC1CC1. The largest absolute Gasteiger partial charge is 0.352 e. The van der Waals surface area contributed by atoms with Gasteiger partial charge in [-0.05, 0) is 43.4 Å². The lowest BCUT2D eigenvalue weighted by atomic mass is 10.1. The van der Waals surface area contributed by atoms with Gasteiger partial charge in [-0.1, -0.05) is 12.1 Å². The topological polar surface area (TPSA) is 78.5 Å². The summed E-state index contributed by atoms with van der Waals surface area (Å²) < 4.78 is 13.1. The Morgan fingerprint density at radius 3 is 2.72 bits per heavy atom. The van der Waals surface area contributed by atoms with Crippen molar-refractivity contribution in [3.05, 3.63) is 35.6 Å². The van der Waals surface area contributed by atoms with Crippen molar-refractivity contribution in [1.29, 1.82) is 0 Å². The highest BCUT2D eigenvalue weighted by atomic mass is 19.1. The van der Waals surface area contributed by atoms with Crippen LogP contribution in [0.1, 0.15) is 31.2 Å². The van der Waals surface area contributed by atoms with Crippen LogP contribution in [0.25, 0.3) is 0 Å². The normalized spacial score (nSPS) is 19.6. The number of nitrogens with one attached hydrogen (secondary N) is 2. The average molecular weight is 347 g/mol. The molecule has 25 heavy (non-hydrogen) atoms. The van der Waals surface area contributed by atoms with Crippen LogP contribution in [0, 0.1) is 5.82 Å². The number of hydrogen-bond donors (Lipinski definition) is 2. The standard InChI is InChI=1S/C18H22FN3O3/c19-13-4-1-3-12(9-13)10-16(23)20-11-17(24)22-8-2-5-15(22)18(25)21-14-6-7-14/h1,3-4,9,14-15H,2,5-8,10-11H2,(H,20,23)(H,21,25). The molecule has 0 bridgehead atoms. The molecule has 7 heteroatoms. The van der Waals surface area contributed by atoms with E-state index < -0.39 is 11.9 Å². The Morgan fingerprint density at radius 1 is 1.20 bits per heavy atom. The van der Waals surface area contributed by atoms with Crippen LogP contribution >= 0.6 is 0 Å². The fourth-order valence-electron chi connectivity index (χ4n) is 3.03. The minimum atomic E-state index is -0.437. The molecule has 1 unspecified atom stereocenters. The quantitative estimate of drug-likeness (QED) is 0.797. The molecule has 3 amide bonds. The van der Waals surface area contributed by atoms with Crippen molar-refractivity contribution < 1.29 is 18.8 Å². The Hall–Kier alpha value is -2.44. The number of likely N-dealkylation sites (tertiary alicyclic amines) is 1. The number of carbonyl (C=O) groups is 3. The second-order valence-electron chi connectivity index (χ2n) is 6.61. The van der Waals surface area contributed by atoms with E-state index in [4.69, 9.17) is 0 Å². The minimum Gasteiger partial charge on any atom is -0.352 e. The summed E-state index contributed by atoms with van der Waals surface area (Å²) in [6.45, 7) is 0.378. The number of amides is 3. The maximum atomic E-state index is 13.1. The number of halogens is 1. The molecule has 6 nitrogen and oxygen atoms in total. The van der Waals surface area contributed by atoms with Gasteiger partial charge in [0.15, 0.2) is 0 Å². The summed E-state index contributed by atoms with van der Waals surface area (Å²) in [4.78, 5) is 38.0. The Kier molecular flexibility index (Phi) is 5.31. The van der Waals surface area contributed by atoms with Gasteiger partial charge in [0, 0.05) is 12.6 Å². The maximum Gasteiger partial charge on any atom is 0.243 e. The zero-order chi connectivity index (χ0) is 17.8. The number of benzene rings is 1. The van der Waals surface area contributed by atoms with Crippen molar-refractivity contribution in [3.8, 4) is 0 Å². The van der Waals surface area contributed by atoms with Crippen molar-refractivity contribution in [2.45, 2.75) is 44.2 Å². The Labute approximate surface area is 145 Å². The summed E-state index contributed by atoms with van der Waals surface area (Å²) in [6, 6.07) is 5.62. The number of carbonyl (C=O) groups excluding carboxylic acids is 3. The zero-order valence-corrected chi connectivity index (χ0v) is 14.0. The highest BCUT2D eigenvalue weighted by Crippen LogP contribution is 2.22. The first-order valence-electron chi connectivity index (χ1n) is 8.64. The van der Waals surface area contributed by atoms with Crippen molar-refractivity contribution >= 4 is 17.7 Å². The van der Waals surface area contributed by atoms with Crippen LogP contribution in [0.15, 0.2) is 24.3 Å². The third-order valence-electron chi connectivity index (χ3n) is 4.49. The summed E-state index contributed by atoms with van der Waals surface area (Å²) in [7, 11) is 0. The van der Waals surface area contributed by atoms with Crippen molar-refractivity contribution in [2.24, 2.45) is 0 Å². The molecule has 1 saturated heterocycles. The lowest BCUT2D eigenvalue weighted by Crippen LogP contribution is -2.49. The first-order chi connectivity index (χ1) is 12.0. The molecule has 1 aliphatic heterocycles.